The van der Waals surface area contributed by atoms with Crippen LogP contribution in [0.15, 0.2) is 53.8 Å². The quantitative estimate of drug-likeness (QED) is 0.500. The minimum absolute atomic E-state index is 0.711. The van der Waals surface area contributed by atoms with Gasteiger partial charge in [0.1, 0.15) is 5.65 Å². The Balaban J connectivity index is 1.52. The van der Waals surface area contributed by atoms with E-state index in [1.807, 2.05) is 28.8 Å². The Labute approximate surface area is 161 Å². The van der Waals surface area contributed by atoms with Crippen LogP contribution in [0.4, 0.5) is 0 Å². The van der Waals surface area contributed by atoms with E-state index in [-0.39, 0.29) is 0 Å². The summed E-state index contributed by atoms with van der Waals surface area (Å²) in [6, 6.07) is 12.8. The summed E-state index contributed by atoms with van der Waals surface area (Å²) in [6.07, 6.45) is 5.91. The standard InChI is InChI=1S/C22H29N5/c1-4-23-22(24-10-8-19-14-17(2)13-18(3)15-19)25-11-9-20-16-27-12-6-5-7-21(27)26-20/h5-7,12-16H,4,8-11H2,1-3H3,(H2,23,24,25). The second-order valence-corrected chi connectivity index (χ2v) is 6.88. The first-order chi connectivity index (χ1) is 13.1. The first-order valence-electron chi connectivity index (χ1n) is 9.66. The number of fused-ring (bicyclic) bond motifs is 1. The summed E-state index contributed by atoms with van der Waals surface area (Å²) in [4.78, 5) is 9.32. The summed E-state index contributed by atoms with van der Waals surface area (Å²) in [5, 5.41) is 6.75. The lowest BCUT2D eigenvalue weighted by Gasteiger charge is -2.11. The van der Waals surface area contributed by atoms with Crippen LogP contribution in [0.25, 0.3) is 5.65 Å². The Morgan fingerprint density at radius 3 is 2.63 bits per heavy atom. The van der Waals surface area contributed by atoms with Crippen molar-refractivity contribution in [1.29, 1.82) is 0 Å². The number of nitrogens with one attached hydrogen (secondary N) is 2. The van der Waals surface area contributed by atoms with Crippen molar-refractivity contribution < 1.29 is 0 Å². The lowest BCUT2D eigenvalue weighted by Crippen LogP contribution is -2.38. The number of aromatic nitrogens is 2. The Kier molecular flexibility index (Phi) is 6.47. The van der Waals surface area contributed by atoms with Gasteiger partial charge in [-0.3, -0.25) is 4.99 Å². The zero-order chi connectivity index (χ0) is 19.1. The highest BCUT2D eigenvalue weighted by atomic mass is 15.2. The smallest absolute Gasteiger partial charge is 0.191 e. The number of aliphatic imine (C=N–C) groups is 1. The average Bonchev–Trinajstić information content (AvgIpc) is 3.03. The molecular formula is C22H29N5. The van der Waals surface area contributed by atoms with Gasteiger partial charge in [-0.2, -0.15) is 0 Å². The van der Waals surface area contributed by atoms with E-state index in [2.05, 4.69) is 60.8 Å². The van der Waals surface area contributed by atoms with Gasteiger partial charge in [0.05, 0.1) is 5.69 Å². The summed E-state index contributed by atoms with van der Waals surface area (Å²) >= 11 is 0. The number of aryl methyl sites for hydroxylation is 2. The predicted octanol–water partition coefficient (Wildman–Crippen LogP) is 3.29. The summed E-state index contributed by atoms with van der Waals surface area (Å²) in [6.45, 7) is 8.81. The first kappa shape index (κ1) is 19.0. The van der Waals surface area contributed by atoms with Gasteiger partial charge >= 0.3 is 0 Å². The molecule has 0 spiro atoms. The van der Waals surface area contributed by atoms with Crippen molar-refractivity contribution in [2.24, 2.45) is 4.99 Å². The average molecular weight is 364 g/mol. The molecule has 0 radical (unpaired) electrons. The highest BCUT2D eigenvalue weighted by molar-refractivity contribution is 5.79. The molecule has 3 rings (SSSR count). The summed E-state index contributed by atoms with van der Waals surface area (Å²) < 4.78 is 2.05. The first-order valence-corrected chi connectivity index (χ1v) is 9.66. The molecule has 0 saturated carbocycles. The Morgan fingerprint density at radius 2 is 1.89 bits per heavy atom. The van der Waals surface area contributed by atoms with Crippen LogP contribution in [0, 0.1) is 13.8 Å². The normalized spacial score (nSPS) is 11.7. The third-order valence-electron chi connectivity index (χ3n) is 4.38. The molecule has 0 amide bonds. The highest BCUT2D eigenvalue weighted by Crippen LogP contribution is 2.09. The molecule has 0 saturated heterocycles. The highest BCUT2D eigenvalue weighted by Gasteiger charge is 2.02. The lowest BCUT2D eigenvalue weighted by molar-refractivity contribution is 0.794. The zero-order valence-corrected chi connectivity index (χ0v) is 16.5. The lowest BCUT2D eigenvalue weighted by atomic mass is 10.1. The topological polar surface area (TPSA) is 53.7 Å². The summed E-state index contributed by atoms with van der Waals surface area (Å²) in [5.41, 5.74) is 6.04. The summed E-state index contributed by atoms with van der Waals surface area (Å²) in [7, 11) is 0. The number of hydrogen-bond acceptors (Lipinski definition) is 2. The minimum Gasteiger partial charge on any atom is -0.357 e. The van der Waals surface area contributed by atoms with Crippen LogP contribution in [-0.4, -0.2) is 35.0 Å². The maximum Gasteiger partial charge on any atom is 0.191 e. The van der Waals surface area contributed by atoms with E-state index < -0.39 is 0 Å². The van der Waals surface area contributed by atoms with Crippen molar-refractivity contribution in [2.45, 2.75) is 33.6 Å². The van der Waals surface area contributed by atoms with Crippen LogP contribution in [0.5, 0.6) is 0 Å². The number of pyridine rings is 1. The molecular weight excluding hydrogens is 334 g/mol. The van der Waals surface area contributed by atoms with E-state index in [0.717, 1.165) is 43.2 Å². The van der Waals surface area contributed by atoms with E-state index in [1.165, 1.54) is 16.7 Å². The molecule has 0 aliphatic heterocycles. The number of hydrogen-bond donors (Lipinski definition) is 2. The van der Waals surface area contributed by atoms with Gasteiger partial charge in [-0.25, -0.2) is 4.98 Å². The van der Waals surface area contributed by atoms with E-state index in [9.17, 15) is 0 Å². The van der Waals surface area contributed by atoms with Crippen LogP contribution in [0.3, 0.4) is 0 Å². The van der Waals surface area contributed by atoms with Gasteiger partial charge in [0.2, 0.25) is 0 Å². The molecule has 5 nitrogen and oxygen atoms in total. The Bertz CT molecular complexity index is 857. The van der Waals surface area contributed by atoms with E-state index in [1.54, 1.807) is 0 Å². The SMILES string of the molecule is CCNC(=NCCc1cn2ccccc2n1)NCCc1cc(C)cc(C)c1. The van der Waals surface area contributed by atoms with E-state index >= 15 is 0 Å². The fourth-order valence-corrected chi connectivity index (χ4v) is 3.27. The molecule has 5 heteroatoms. The van der Waals surface area contributed by atoms with Crippen LogP contribution in [0.2, 0.25) is 0 Å². The van der Waals surface area contributed by atoms with Crippen molar-refractivity contribution in [3.8, 4) is 0 Å². The molecule has 0 aliphatic rings. The molecule has 27 heavy (non-hydrogen) atoms. The molecule has 142 valence electrons. The number of guanidine groups is 1. The Hall–Kier alpha value is -2.82. The number of rotatable bonds is 7. The molecule has 2 heterocycles. The zero-order valence-electron chi connectivity index (χ0n) is 16.5. The third-order valence-corrected chi connectivity index (χ3v) is 4.38. The Morgan fingerprint density at radius 1 is 1.07 bits per heavy atom. The van der Waals surface area contributed by atoms with Gasteiger partial charge in [-0.05, 0) is 44.9 Å². The maximum atomic E-state index is 4.69. The van der Waals surface area contributed by atoms with Crippen LogP contribution in [-0.2, 0) is 12.8 Å². The number of benzene rings is 1. The molecule has 0 atom stereocenters. The van der Waals surface area contributed by atoms with Gasteiger partial charge in [-0.15, -0.1) is 0 Å². The van der Waals surface area contributed by atoms with Gasteiger partial charge in [0.15, 0.2) is 5.96 Å². The van der Waals surface area contributed by atoms with Gasteiger partial charge < -0.3 is 15.0 Å². The van der Waals surface area contributed by atoms with Crippen LogP contribution in [0.1, 0.15) is 29.3 Å². The van der Waals surface area contributed by atoms with Crippen molar-refractivity contribution in [3.05, 3.63) is 71.2 Å². The van der Waals surface area contributed by atoms with Crippen molar-refractivity contribution in [2.75, 3.05) is 19.6 Å². The molecule has 3 aromatic rings. The van der Waals surface area contributed by atoms with Crippen LogP contribution < -0.4 is 10.6 Å². The van der Waals surface area contributed by atoms with Gasteiger partial charge in [0, 0.05) is 38.4 Å². The molecule has 2 N–H and O–H groups in total. The molecule has 0 bridgehead atoms. The molecule has 0 aliphatic carbocycles. The fraction of sp³-hybridized carbons (Fsp3) is 0.364. The second-order valence-electron chi connectivity index (χ2n) is 6.88. The molecule has 0 unspecified atom stereocenters. The monoisotopic (exact) mass is 363 g/mol. The number of imidazole rings is 1. The molecule has 0 fully saturated rings. The second kappa shape index (κ2) is 9.21. The predicted molar refractivity (Wildman–Crippen MR) is 112 cm³/mol. The molecule has 1 aromatic carbocycles. The van der Waals surface area contributed by atoms with Gasteiger partial charge in [0.25, 0.3) is 0 Å². The minimum atomic E-state index is 0.711. The maximum absolute atomic E-state index is 4.69. The van der Waals surface area contributed by atoms with Crippen molar-refractivity contribution in [1.82, 2.24) is 20.0 Å². The largest absolute Gasteiger partial charge is 0.357 e. The summed E-state index contributed by atoms with van der Waals surface area (Å²) in [5.74, 6) is 0.866. The third kappa shape index (κ3) is 5.58. The van der Waals surface area contributed by atoms with Crippen molar-refractivity contribution >= 4 is 11.6 Å². The van der Waals surface area contributed by atoms with E-state index in [4.69, 9.17) is 4.99 Å². The molecule has 2 aromatic heterocycles. The van der Waals surface area contributed by atoms with E-state index in [0.29, 0.717) is 6.54 Å². The van der Waals surface area contributed by atoms with Crippen LogP contribution >= 0.6 is 0 Å². The van der Waals surface area contributed by atoms with Gasteiger partial charge in [-0.1, -0.05) is 35.4 Å². The number of nitrogens with zero attached hydrogens (tertiary/aromatic N) is 3. The fourth-order valence-electron chi connectivity index (χ4n) is 3.27. The van der Waals surface area contributed by atoms with Crippen molar-refractivity contribution in [3.63, 3.8) is 0 Å².